The van der Waals surface area contributed by atoms with Gasteiger partial charge in [-0.3, -0.25) is 4.79 Å². The second kappa shape index (κ2) is 6.92. The highest BCUT2D eigenvalue weighted by molar-refractivity contribution is 5.85. The van der Waals surface area contributed by atoms with E-state index in [1.165, 1.54) is 0 Å². The summed E-state index contributed by atoms with van der Waals surface area (Å²) in [5.74, 6) is 0.471. The van der Waals surface area contributed by atoms with Crippen molar-refractivity contribution in [1.29, 1.82) is 0 Å². The van der Waals surface area contributed by atoms with Gasteiger partial charge >= 0.3 is 0 Å². The van der Waals surface area contributed by atoms with Gasteiger partial charge in [0.2, 0.25) is 5.91 Å². The van der Waals surface area contributed by atoms with Crippen LogP contribution in [0.25, 0.3) is 0 Å². The van der Waals surface area contributed by atoms with Crippen LogP contribution in [0.2, 0.25) is 0 Å². The van der Waals surface area contributed by atoms with Gasteiger partial charge in [-0.2, -0.15) is 0 Å². The minimum Gasteiger partial charge on any atom is -0.409 e. The maximum absolute atomic E-state index is 12.3. The average molecular weight is 285 g/mol. The summed E-state index contributed by atoms with van der Waals surface area (Å²) in [6.07, 6.45) is 1.03. The molecule has 0 bridgehead atoms. The number of oxime groups is 1. The molecule has 1 aliphatic rings. The number of nitrogens with zero attached hydrogens (tertiary/aromatic N) is 2. The molecule has 0 aromatic carbocycles. The summed E-state index contributed by atoms with van der Waals surface area (Å²) in [5, 5.41) is 11.6. The van der Waals surface area contributed by atoms with E-state index in [4.69, 9.17) is 15.7 Å². The summed E-state index contributed by atoms with van der Waals surface area (Å²) >= 11 is 0. The number of ether oxygens (including phenoxy) is 1. The third kappa shape index (κ3) is 5.36. The Morgan fingerprint density at radius 2 is 2.20 bits per heavy atom. The number of nitrogens with two attached hydrogens (primary N) is 1. The molecule has 20 heavy (non-hydrogen) atoms. The zero-order valence-corrected chi connectivity index (χ0v) is 12.9. The van der Waals surface area contributed by atoms with Crippen LogP contribution < -0.4 is 5.73 Å². The summed E-state index contributed by atoms with van der Waals surface area (Å²) in [7, 11) is 0. The van der Waals surface area contributed by atoms with Gasteiger partial charge in [0.1, 0.15) is 6.10 Å². The number of amides is 1. The smallest absolute Gasteiger partial charge is 0.223 e. The standard InChI is InChI=1S/C14H27N3O3/c1-10(8-14(2,3)4)7-12(18)17-5-6-20-11(9-17)13(15)16-19/h10-11,19H,5-9H2,1-4H3,(H2,15,16). The third-order valence-electron chi connectivity index (χ3n) is 3.35. The quantitative estimate of drug-likeness (QED) is 0.354. The fourth-order valence-corrected chi connectivity index (χ4v) is 2.66. The number of rotatable bonds is 4. The molecule has 0 radical (unpaired) electrons. The van der Waals surface area contributed by atoms with Gasteiger partial charge in [0.05, 0.1) is 13.2 Å². The molecular formula is C14H27N3O3. The lowest BCUT2D eigenvalue weighted by Crippen LogP contribution is -2.50. The van der Waals surface area contributed by atoms with Crippen LogP contribution in [-0.2, 0) is 9.53 Å². The molecule has 6 nitrogen and oxygen atoms in total. The van der Waals surface area contributed by atoms with Crippen molar-refractivity contribution in [2.45, 2.75) is 46.6 Å². The van der Waals surface area contributed by atoms with Crippen molar-refractivity contribution in [1.82, 2.24) is 4.90 Å². The maximum atomic E-state index is 12.3. The van der Waals surface area contributed by atoms with Gasteiger partial charge in [0.15, 0.2) is 5.84 Å². The molecule has 1 saturated heterocycles. The summed E-state index contributed by atoms with van der Waals surface area (Å²) in [6.45, 7) is 9.98. The lowest BCUT2D eigenvalue weighted by Gasteiger charge is -2.33. The Balaban J connectivity index is 2.51. The second-order valence-electron chi connectivity index (χ2n) is 6.80. The van der Waals surface area contributed by atoms with Crippen LogP contribution in [-0.4, -0.2) is 47.7 Å². The molecule has 0 aromatic heterocycles. The van der Waals surface area contributed by atoms with Gasteiger partial charge in [0, 0.05) is 13.0 Å². The Morgan fingerprint density at radius 3 is 2.75 bits per heavy atom. The first-order valence-electron chi connectivity index (χ1n) is 7.09. The number of amidine groups is 1. The fraction of sp³-hybridized carbons (Fsp3) is 0.857. The highest BCUT2D eigenvalue weighted by atomic mass is 16.5. The van der Waals surface area contributed by atoms with E-state index < -0.39 is 6.10 Å². The molecule has 1 aliphatic heterocycles. The van der Waals surface area contributed by atoms with Crippen LogP contribution in [0.5, 0.6) is 0 Å². The van der Waals surface area contributed by atoms with Gasteiger partial charge in [-0.15, -0.1) is 0 Å². The Labute approximate surface area is 120 Å². The molecule has 1 heterocycles. The Morgan fingerprint density at radius 1 is 1.55 bits per heavy atom. The molecular weight excluding hydrogens is 258 g/mol. The van der Waals surface area contributed by atoms with Crippen molar-refractivity contribution < 1.29 is 14.7 Å². The van der Waals surface area contributed by atoms with Crippen LogP contribution in [0.1, 0.15) is 40.5 Å². The number of morpholine rings is 1. The predicted octanol–water partition coefficient (Wildman–Crippen LogP) is 1.42. The molecule has 0 spiro atoms. The molecule has 2 unspecified atom stereocenters. The largest absolute Gasteiger partial charge is 0.409 e. The molecule has 6 heteroatoms. The van der Waals surface area contributed by atoms with Crippen LogP contribution in [0, 0.1) is 11.3 Å². The van der Waals surface area contributed by atoms with Gasteiger partial charge in [-0.25, -0.2) is 0 Å². The minimum atomic E-state index is -0.504. The number of carbonyl (C=O) groups excluding carboxylic acids is 1. The van der Waals surface area contributed by atoms with E-state index in [-0.39, 0.29) is 17.2 Å². The Hall–Kier alpha value is -1.30. The highest BCUT2D eigenvalue weighted by Gasteiger charge is 2.28. The van der Waals surface area contributed by atoms with E-state index in [0.29, 0.717) is 32.0 Å². The molecule has 0 saturated carbocycles. The minimum absolute atomic E-state index is 0.0187. The van der Waals surface area contributed by atoms with Crippen LogP contribution >= 0.6 is 0 Å². The topological polar surface area (TPSA) is 88.2 Å². The summed E-state index contributed by atoms with van der Waals surface area (Å²) < 4.78 is 5.39. The normalized spacial score (nSPS) is 22.7. The van der Waals surface area contributed by atoms with Crippen molar-refractivity contribution in [2.24, 2.45) is 22.2 Å². The lowest BCUT2D eigenvalue weighted by molar-refractivity contribution is -0.137. The van der Waals surface area contributed by atoms with Crippen LogP contribution in [0.15, 0.2) is 5.16 Å². The molecule has 3 N–H and O–H groups in total. The second-order valence-corrected chi connectivity index (χ2v) is 6.80. The highest BCUT2D eigenvalue weighted by Crippen LogP contribution is 2.26. The monoisotopic (exact) mass is 285 g/mol. The first kappa shape index (κ1) is 16.8. The fourth-order valence-electron chi connectivity index (χ4n) is 2.66. The molecule has 2 atom stereocenters. The molecule has 0 aromatic rings. The molecule has 1 rings (SSSR count). The number of carbonyl (C=O) groups is 1. The summed E-state index contributed by atoms with van der Waals surface area (Å²) in [5.41, 5.74) is 5.76. The first-order valence-corrected chi connectivity index (χ1v) is 7.09. The van der Waals surface area contributed by atoms with Crippen molar-refractivity contribution in [3.63, 3.8) is 0 Å². The molecule has 116 valence electrons. The number of hydrogen-bond acceptors (Lipinski definition) is 4. The van der Waals surface area contributed by atoms with Crippen molar-refractivity contribution >= 4 is 11.7 Å². The van der Waals surface area contributed by atoms with E-state index in [2.05, 4.69) is 32.9 Å². The van der Waals surface area contributed by atoms with Crippen LogP contribution in [0.3, 0.4) is 0 Å². The first-order chi connectivity index (χ1) is 9.23. The SMILES string of the molecule is CC(CC(=O)N1CCOC(C(N)=NO)C1)CC(C)(C)C. The Kier molecular flexibility index (Phi) is 5.80. The lowest BCUT2D eigenvalue weighted by atomic mass is 9.84. The van der Waals surface area contributed by atoms with E-state index in [9.17, 15) is 4.79 Å². The van der Waals surface area contributed by atoms with Gasteiger partial charge in [-0.05, 0) is 17.8 Å². The molecule has 0 aliphatic carbocycles. The van der Waals surface area contributed by atoms with Crippen molar-refractivity contribution in [3.8, 4) is 0 Å². The van der Waals surface area contributed by atoms with Gasteiger partial charge in [-0.1, -0.05) is 32.9 Å². The Bertz CT molecular complexity index is 363. The molecule has 1 amide bonds. The van der Waals surface area contributed by atoms with E-state index in [1.54, 1.807) is 4.90 Å². The zero-order valence-electron chi connectivity index (χ0n) is 12.9. The van der Waals surface area contributed by atoms with Crippen molar-refractivity contribution in [3.05, 3.63) is 0 Å². The van der Waals surface area contributed by atoms with Gasteiger partial charge in [0.25, 0.3) is 0 Å². The van der Waals surface area contributed by atoms with Crippen LogP contribution in [0.4, 0.5) is 0 Å². The zero-order chi connectivity index (χ0) is 15.3. The van der Waals surface area contributed by atoms with E-state index >= 15 is 0 Å². The van der Waals surface area contributed by atoms with E-state index in [1.807, 2.05) is 0 Å². The summed E-state index contributed by atoms with van der Waals surface area (Å²) in [6, 6.07) is 0. The maximum Gasteiger partial charge on any atom is 0.223 e. The average Bonchev–Trinajstić information content (AvgIpc) is 2.35. The summed E-state index contributed by atoms with van der Waals surface area (Å²) in [4.78, 5) is 14.0. The van der Waals surface area contributed by atoms with E-state index in [0.717, 1.165) is 6.42 Å². The van der Waals surface area contributed by atoms with Crippen molar-refractivity contribution in [2.75, 3.05) is 19.7 Å². The van der Waals surface area contributed by atoms with Gasteiger partial charge < -0.3 is 20.6 Å². The number of hydrogen-bond donors (Lipinski definition) is 2. The predicted molar refractivity (Wildman–Crippen MR) is 77.6 cm³/mol. The third-order valence-corrected chi connectivity index (χ3v) is 3.35. The molecule has 1 fully saturated rings.